The number of para-hydroxylation sites is 1. The van der Waals surface area contributed by atoms with Crippen LogP contribution >= 0.6 is 0 Å². The van der Waals surface area contributed by atoms with E-state index in [-0.39, 0.29) is 5.54 Å². The fraction of sp³-hybridized carbons (Fsp3) is 0.375. The second-order valence-electron chi connectivity index (χ2n) is 5.81. The van der Waals surface area contributed by atoms with Gasteiger partial charge in [0, 0.05) is 23.8 Å². The molecule has 1 aromatic heterocycles. The summed E-state index contributed by atoms with van der Waals surface area (Å²) in [7, 11) is 1.68. The van der Waals surface area contributed by atoms with Crippen molar-refractivity contribution in [2.45, 2.75) is 32.9 Å². The second kappa shape index (κ2) is 6.43. The maximum Gasteiger partial charge on any atom is 0.224 e. The highest BCUT2D eigenvalue weighted by Crippen LogP contribution is 2.19. The number of ether oxygens (including phenoxy) is 1. The zero-order valence-corrected chi connectivity index (χ0v) is 13.0. The van der Waals surface area contributed by atoms with Gasteiger partial charge < -0.3 is 15.4 Å². The Labute approximate surface area is 125 Å². The molecule has 0 aliphatic carbocycles. The van der Waals surface area contributed by atoms with Gasteiger partial charge in [-0.1, -0.05) is 18.2 Å². The molecule has 1 heterocycles. The summed E-state index contributed by atoms with van der Waals surface area (Å²) >= 11 is 0. The first-order chi connectivity index (χ1) is 9.98. The van der Waals surface area contributed by atoms with Crippen LogP contribution in [-0.2, 0) is 6.54 Å². The summed E-state index contributed by atoms with van der Waals surface area (Å²) in [5.74, 6) is 2.27. The van der Waals surface area contributed by atoms with E-state index in [1.165, 1.54) is 0 Å². The van der Waals surface area contributed by atoms with E-state index >= 15 is 0 Å². The molecule has 0 unspecified atom stereocenters. The highest BCUT2D eigenvalue weighted by atomic mass is 16.5. The lowest BCUT2D eigenvalue weighted by molar-refractivity contribution is 0.410. The van der Waals surface area contributed by atoms with Crippen molar-refractivity contribution in [2.24, 2.45) is 0 Å². The molecule has 0 saturated carbocycles. The van der Waals surface area contributed by atoms with Crippen LogP contribution in [-0.4, -0.2) is 22.6 Å². The molecule has 0 bridgehead atoms. The molecular weight excluding hydrogens is 264 g/mol. The Morgan fingerprint density at radius 1 is 1.14 bits per heavy atom. The van der Waals surface area contributed by atoms with Crippen molar-refractivity contribution in [3.8, 4) is 5.75 Å². The third-order valence-electron chi connectivity index (χ3n) is 2.79. The second-order valence-corrected chi connectivity index (χ2v) is 5.81. The fourth-order valence-electron chi connectivity index (χ4n) is 1.89. The minimum atomic E-state index is -0.0682. The first kappa shape index (κ1) is 15.1. The topological polar surface area (TPSA) is 59.1 Å². The number of nitrogens with zero attached hydrogens (tertiary/aromatic N) is 2. The maximum atomic E-state index is 5.34. The zero-order valence-electron chi connectivity index (χ0n) is 13.0. The standard InChI is InChI=1S/C16H22N4O/c1-16(2,3)20-15-17-10-9-14(19-15)18-11-12-7-5-6-8-13(12)21-4/h5-10H,11H2,1-4H3,(H2,17,18,19,20). The molecule has 0 spiro atoms. The number of hydrogen-bond donors (Lipinski definition) is 2. The van der Waals surface area contributed by atoms with Crippen LogP contribution in [0.25, 0.3) is 0 Å². The van der Waals surface area contributed by atoms with Crippen molar-refractivity contribution in [1.82, 2.24) is 9.97 Å². The van der Waals surface area contributed by atoms with Gasteiger partial charge in [-0.2, -0.15) is 4.98 Å². The van der Waals surface area contributed by atoms with Crippen LogP contribution in [0.5, 0.6) is 5.75 Å². The SMILES string of the molecule is COc1ccccc1CNc1ccnc(NC(C)(C)C)n1. The van der Waals surface area contributed by atoms with E-state index in [1.54, 1.807) is 13.3 Å². The van der Waals surface area contributed by atoms with E-state index in [0.717, 1.165) is 17.1 Å². The van der Waals surface area contributed by atoms with E-state index in [4.69, 9.17) is 4.74 Å². The van der Waals surface area contributed by atoms with Gasteiger partial charge >= 0.3 is 0 Å². The van der Waals surface area contributed by atoms with Crippen LogP contribution in [0.2, 0.25) is 0 Å². The average Bonchev–Trinajstić information content (AvgIpc) is 2.44. The predicted molar refractivity (Wildman–Crippen MR) is 85.7 cm³/mol. The van der Waals surface area contributed by atoms with Gasteiger partial charge in [0.2, 0.25) is 5.95 Å². The average molecular weight is 286 g/mol. The van der Waals surface area contributed by atoms with Gasteiger partial charge in [0.15, 0.2) is 0 Å². The van der Waals surface area contributed by atoms with E-state index in [1.807, 2.05) is 30.3 Å². The quantitative estimate of drug-likeness (QED) is 0.883. The molecule has 0 saturated heterocycles. The minimum Gasteiger partial charge on any atom is -0.496 e. The number of rotatable bonds is 5. The summed E-state index contributed by atoms with van der Waals surface area (Å²) in [5, 5.41) is 6.55. The predicted octanol–water partition coefficient (Wildman–Crippen LogP) is 3.31. The first-order valence-corrected chi connectivity index (χ1v) is 6.95. The molecule has 2 N–H and O–H groups in total. The lowest BCUT2D eigenvalue weighted by Crippen LogP contribution is -2.27. The Morgan fingerprint density at radius 2 is 1.90 bits per heavy atom. The van der Waals surface area contributed by atoms with Gasteiger partial charge in [0.05, 0.1) is 7.11 Å². The molecule has 0 fully saturated rings. The van der Waals surface area contributed by atoms with Crippen molar-refractivity contribution in [3.63, 3.8) is 0 Å². The molecule has 5 nitrogen and oxygen atoms in total. The molecule has 21 heavy (non-hydrogen) atoms. The third kappa shape index (κ3) is 4.63. The summed E-state index contributed by atoms with van der Waals surface area (Å²) in [6.45, 7) is 6.87. The molecule has 5 heteroatoms. The Bertz CT molecular complexity index is 593. The Kier molecular flexibility index (Phi) is 4.62. The first-order valence-electron chi connectivity index (χ1n) is 6.95. The lowest BCUT2D eigenvalue weighted by atomic mass is 10.1. The van der Waals surface area contributed by atoms with E-state index in [9.17, 15) is 0 Å². The molecule has 0 amide bonds. The summed E-state index contributed by atoms with van der Waals surface area (Å²) < 4.78 is 5.34. The Morgan fingerprint density at radius 3 is 2.62 bits per heavy atom. The summed E-state index contributed by atoms with van der Waals surface area (Å²) in [4.78, 5) is 8.68. The van der Waals surface area contributed by atoms with Crippen LogP contribution in [0.3, 0.4) is 0 Å². The number of methoxy groups -OCH3 is 1. The van der Waals surface area contributed by atoms with Crippen molar-refractivity contribution >= 4 is 11.8 Å². The highest BCUT2D eigenvalue weighted by Gasteiger charge is 2.11. The monoisotopic (exact) mass is 286 g/mol. The number of nitrogens with one attached hydrogen (secondary N) is 2. The minimum absolute atomic E-state index is 0.0682. The molecule has 112 valence electrons. The fourth-order valence-corrected chi connectivity index (χ4v) is 1.89. The number of benzene rings is 1. The van der Waals surface area contributed by atoms with Crippen molar-refractivity contribution in [2.75, 3.05) is 17.7 Å². The van der Waals surface area contributed by atoms with Gasteiger partial charge in [-0.3, -0.25) is 0 Å². The van der Waals surface area contributed by atoms with E-state index in [2.05, 4.69) is 41.4 Å². The molecule has 0 aliphatic rings. The molecular formula is C16H22N4O. The number of aromatic nitrogens is 2. The highest BCUT2D eigenvalue weighted by molar-refractivity contribution is 5.43. The molecule has 0 aliphatic heterocycles. The molecule has 1 aromatic carbocycles. The van der Waals surface area contributed by atoms with Crippen LogP contribution in [0.4, 0.5) is 11.8 Å². The van der Waals surface area contributed by atoms with Crippen LogP contribution in [0.15, 0.2) is 36.5 Å². The normalized spacial score (nSPS) is 11.0. The molecule has 2 aromatic rings. The van der Waals surface area contributed by atoms with Crippen LogP contribution in [0.1, 0.15) is 26.3 Å². The number of anilines is 2. The summed E-state index contributed by atoms with van der Waals surface area (Å²) in [6, 6.07) is 9.78. The summed E-state index contributed by atoms with van der Waals surface area (Å²) in [6.07, 6.45) is 1.74. The Hall–Kier alpha value is -2.30. The molecule has 0 atom stereocenters. The van der Waals surface area contributed by atoms with Crippen LogP contribution in [0, 0.1) is 0 Å². The van der Waals surface area contributed by atoms with E-state index in [0.29, 0.717) is 12.5 Å². The summed E-state index contributed by atoms with van der Waals surface area (Å²) in [5.41, 5.74) is 1.02. The smallest absolute Gasteiger partial charge is 0.224 e. The van der Waals surface area contributed by atoms with Crippen molar-refractivity contribution in [1.29, 1.82) is 0 Å². The van der Waals surface area contributed by atoms with Crippen molar-refractivity contribution in [3.05, 3.63) is 42.1 Å². The van der Waals surface area contributed by atoms with Crippen LogP contribution < -0.4 is 15.4 Å². The number of hydrogen-bond acceptors (Lipinski definition) is 5. The van der Waals surface area contributed by atoms with Crippen molar-refractivity contribution < 1.29 is 4.74 Å². The van der Waals surface area contributed by atoms with Gasteiger partial charge in [-0.25, -0.2) is 4.98 Å². The zero-order chi connectivity index (χ0) is 15.3. The van der Waals surface area contributed by atoms with Gasteiger partial charge in [-0.15, -0.1) is 0 Å². The maximum absolute atomic E-state index is 5.34. The lowest BCUT2D eigenvalue weighted by Gasteiger charge is -2.20. The Balaban J connectivity index is 2.05. The largest absolute Gasteiger partial charge is 0.496 e. The van der Waals surface area contributed by atoms with Gasteiger partial charge in [-0.05, 0) is 32.9 Å². The molecule has 0 radical (unpaired) electrons. The van der Waals surface area contributed by atoms with E-state index < -0.39 is 0 Å². The van der Waals surface area contributed by atoms with Gasteiger partial charge in [0.25, 0.3) is 0 Å². The molecule has 2 rings (SSSR count). The third-order valence-corrected chi connectivity index (χ3v) is 2.79. The van der Waals surface area contributed by atoms with Gasteiger partial charge in [0.1, 0.15) is 11.6 Å².